The molecule has 0 radical (unpaired) electrons. The Hall–Kier alpha value is -0.600. The van der Waals surface area contributed by atoms with E-state index in [2.05, 4.69) is 0 Å². The highest BCUT2D eigenvalue weighted by Crippen LogP contribution is 2.14. The molecule has 0 saturated heterocycles. The Kier molecular flexibility index (Phi) is 5.09. The summed E-state index contributed by atoms with van der Waals surface area (Å²) >= 11 is 0. The van der Waals surface area contributed by atoms with Crippen molar-refractivity contribution >= 4 is 10.0 Å². The maximum Gasteiger partial charge on any atom is 0.230 e. The minimum absolute atomic E-state index is 0.00389. The lowest BCUT2D eigenvalue weighted by Crippen LogP contribution is -2.40. The number of nitrogens with zero attached hydrogens (tertiary/aromatic N) is 2. The van der Waals surface area contributed by atoms with E-state index in [-0.39, 0.29) is 6.04 Å². The Bertz CT molecular complexity index is 301. The molecule has 5 heteroatoms. The quantitative estimate of drug-likeness (QED) is 0.699. The van der Waals surface area contributed by atoms with Crippen molar-refractivity contribution < 1.29 is 8.42 Å². The van der Waals surface area contributed by atoms with E-state index in [9.17, 15) is 8.42 Å². The number of sulfonamides is 1. The Balaban J connectivity index is 4.85. The second-order valence-corrected chi connectivity index (χ2v) is 5.62. The summed E-state index contributed by atoms with van der Waals surface area (Å²) in [6.07, 6.45) is 1.54. The van der Waals surface area contributed by atoms with Gasteiger partial charge in [0.1, 0.15) is 0 Å². The molecule has 0 aromatic carbocycles. The van der Waals surface area contributed by atoms with Crippen LogP contribution < -0.4 is 0 Å². The van der Waals surface area contributed by atoms with E-state index in [4.69, 9.17) is 5.26 Å². The molecular weight excluding hydrogens is 200 g/mol. The van der Waals surface area contributed by atoms with Crippen LogP contribution in [-0.2, 0) is 10.0 Å². The van der Waals surface area contributed by atoms with Crippen LogP contribution in [0.3, 0.4) is 0 Å². The summed E-state index contributed by atoms with van der Waals surface area (Å²) < 4.78 is 24.8. The molecule has 0 N–H and O–H groups in total. The molecule has 0 fully saturated rings. The molecule has 0 aliphatic heterocycles. The molecule has 1 unspecified atom stereocenters. The van der Waals surface area contributed by atoms with Gasteiger partial charge in [0.05, 0.1) is 6.07 Å². The maximum atomic E-state index is 11.7. The molecule has 1 atom stereocenters. The lowest BCUT2D eigenvalue weighted by molar-refractivity contribution is 0.348. The van der Waals surface area contributed by atoms with Gasteiger partial charge in [-0.1, -0.05) is 13.8 Å². The highest BCUT2D eigenvalue weighted by Gasteiger charge is 2.29. The second-order valence-electron chi connectivity index (χ2n) is 3.30. The van der Waals surface area contributed by atoms with Gasteiger partial charge in [-0.2, -0.15) is 5.26 Å². The van der Waals surface area contributed by atoms with E-state index in [1.807, 2.05) is 13.8 Å². The molecule has 82 valence electrons. The number of nitriles is 1. The minimum atomic E-state index is -3.44. The van der Waals surface area contributed by atoms with Crippen molar-refractivity contribution in [3.63, 3.8) is 0 Å². The van der Waals surface area contributed by atoms with Crippen LogP contribution >= 0.6 is 0 Å². The highest BCUT2D eigenvalue weighted by atomic mass is 32.2. The third-order valence-electron chi connectivity index (χ3n) is 2.49. The first-order valence-corrected chi connectivity index (χ1v) is 6.28. The van der Waals surface area contributed by atoms with Gasteiger partial charge in [-0.05, 0) is 19.8 Å². The predicted octanol–water partition coefficient (Wildman–Crippen LogP) is 1.35. The van der Waals surface area contributed by atoms with E-state index in [0.717, 1.165) is 12.8 Å². The van der Waals surface area contributed by atoms with Gasteiger partial charge in [-0.25, -0.2) is 12.7 Å². The van der Waals surface area contributed by atoms with Crippen molar-refractivity contribution in [1.82, 2.24) is 4.31 Å². The van der Waals surface area contributed by atoms with Crippen LogP contribution in [0.5, 0.6) is 0 Å². The summed E-state index contributed by atoms with van der Waals surface area (Å²) in [4.78, 5) is 0. The molecule has 0 amide bonds. The average Bonchev–Trinajstić information content (AvgIpc) is 2.18. The molecule has 0 bridgehead atoms. The zero-order valence-electron chi connectivity index (χ0n) is 9.19. The normalized spacial score (nSPS) is 14.4. The van der Waals surface area contributed by atoms with Gasteiger partial charge in [0.15, 0.2) is 5.25 Å². The number of hydrogen-bond acceptors (Lipinski definition) is 3. The smallest absolute Gasteiger partial charge is 0.211 e. The fourth-order valence-electron chi connectivity index (χ4n) is 1.33. The van der Waals surface area contributed by atoms with Gasteiger partial charge in [0.2, 0.25) is 10.0 Å². The van der Waals surface area contributed by atoms with Gasteiger partial charge in [-0.3, -0.25) is 0 Å². The first-order valence-electron chi connectivity index (χ1n) is 4.78. The lowest BCUT2D eigenvalue weighted by Gasteiger charge is -2.26. The Morgan fingerprint density at radius 3 is 2.07 bits per heavy atom. The van der Waals surface area contributed by atoms with Crippen LogP contribution in [0.1, 0.15) is 33.6 Å². The van der Waals surface area contributed by atoms with Gasteiger partial charge in [0.25, 0.3) is 0 Å². The summed E-state index contributed by atoms with van der Waals surface area (Å²) in [5.74, 6) is 0. The number of rotatable bonds is 5. The third-order valence-corrected chi connectivity index (χ3v) is 4.59. The summed E-state index contributed by atoms with van der Waals surface area (Å²) in [7, 11) is -1.90. The van der Waals surface area contributed by atoms with E-state index in [1.165, 1.54) is 11.2 Å². The second kappa shape index (κ2) is 5.32. The van der Waals surface area contributed by atoms with E-state index in [1.54, 1.807) is 13.1 Å². The van der Waals surface area contributed by atoms with Gasteiger partial charge >= 0.3 is 0 Å². The molecule has 0 aliphatic rings. The third kappa shape index (κ3) is 2.69. The largest absolute Gasteiger partial charge is 0.230 e. The van der Waals surface area contributed by atoms with Crippen LogP contribution in [0.2, 0.25) is 0 Å². The molecule has 4 nitrogen and oxygen atoms in total. The zero-order valence-corrected chi connectivity index (χ0v) is 10.0. The average molecular weight is 218 g/mol. The van der Waals surface area contributed by atoms with Gasteiger partial charge < -0.3 is 0 Å². The zero-order chi connectivity index (χ0) is 11.4. The van der Waals surface area contributed by atoms with E-state index in [0.29, 0.717) is 0 Å². The summed E-state index contributed by atoms with van der Waals surface area (Å²) in [6, 6.07) is 1.76. The molecule has 0 aromatic heterocycles. The predicted molar refractivity (Wildman–Crippen MR) is 56.1 cm³/mol. The molecule has 0 spiro atoms. The van der Waals surface area contributed by atoms with Gasteiger partial charge in [-0.15, -0.1) is 0 Å². The van der Waals surface area contributed by atoms with Crippen molar-refractivity contribution in [3.8, 4) is 6.07 Å². The van der Waals surface area contributed by atoms with Crippen LogP contribution in [0.15, 0.2) is 0 Å². The van der Waals surface area contributed by atoms with Crippen molar-refractivity contribution in [1.29, 1.82) is 5.26 Å². The lowest BCUT2D eigenvalue weighted by atomic mass is 10.2. The minimum Gasteiger partial charge on any atom is -0.211 e. The van der Waals surface area contributed by atoms with Crippen molar-refractivity contribution in [2.75, 3.05) is 7.05 Å². The topological polar surface area (TPSA) is 61.2 Å². The monoisotopic (exact) mass is 218 g/mol. The first kappa shape index (κ1) is 13.4. The Labute approximate surface area is 86.6 Å². The van der Waals surface area contributed by atoms with Crippen molar-refractivity contribution in [3.05, 3.63) is 0 Å². The Morgan fingerprint density at radius 1 is 1.36 bits per heavy atom. The molecular formula is C9H18N2O2S. The van der Waals surface area contributed by atoms with Crippen LogP contribution in [0, 0.1) is 11.3 Å². The standard InChI is InChI=1S/C9H18N2O2S/c1-5-9(6-2)11(4)14(12,13)8(3)7-10/h8-9H,5-6H2,1-4H3. The molecule has 0 aromatic rings. The highest BCUT2D eigenvalue weighted by molar-refractivity contribution is 7.89. The number of hydrogen-bond donors (Lipinski definition) is 0. The molecule has 0 rings (SSSR count). The maximum absolute atomic E-state index is 11.7. The summed E-state index contributed by atoms with van der Waals surface area (Å²) in [6.45, 7) is 5.29. The summed E-state index contributed by atoms with van der Waals surface area (Å²) in [5, 5.41) is 7.63. The van der Waals surface area contributed by atoms with Crippen LogP contribution in [-0.4, -0.2) is 31.1 Å². The fraction of sp³-hybridized carbons (Fsp3) is 0.889. The molecule has 0 saturated carbocycles. The molecule has 14 heavy (non-hydrogen) atoms. The van der Waals surface area contributed by atoms with Crippen LogP contribution in [0.25, 0.3) is 0 Å². The fourth-order valence-corrected chi connectivity index (χ4v) is 2.67. The van der Waals surface area contributed by atoms with E-state index < -0.39 is 15.3 Å². The summed E-state index contributed by atoms with van der Waals surface area (Å²) in [5.41, 5.74) is 0. The van der Waals surface area contributed by atoms with Crippen molar-refractivity contribution in [2.45, 2.75) is 44.9 Å². The van der Waals surface area contributed by atoms with Crippen LogP contribution in [0.4, 0.5) is 0 Å². The Morgan fingerprint density at radius 2 is 1.79 bits per heavy atom. The van der Waals surface area contributed by atoms with E-state index >= 15 is 0 Å². The molecule has 0 heterocycles. The first-order chi connectivity index (χ1) is 6.41. The molecule has 0 aliphatic carbocycles. The van der Waals surface area contributed by atoms with Crippen molar-refractivity contribution in [2.24, 2.45) is 0 Å². The SMILES string of the molecule is CCC(CC)N(C)S(=O)(=O)C(C)C#N. The van der Waals surface area contributed by atoms with Gasteiger partial charge in [0, 0.05) is 13.1 Å².